The van der Waals surface area contributed by atoms with E-state index in [4.69, 9.17) is 13.9 Å². The molecule has 0 spiro atoms. The van der Waals surface area contributed by atoms with Crippen LogP contribution in [-0.2, 0) is 0 Å². The highest BCUT2D eigenvalue weighted by molar-refractivity contribution is 5.59. The van der Waals surface area contributed by atoms with Crippen molar-refractivity contribution in [1.29, 1.82) is 0 Å². The summed E-state index contributed by atoms with van der Waals surface area (Å²) in [4.78, 5) is 10.7. The summed E-state index contributed by atoms with van der Waals surface area (Å²) in [5, 5.41) is 3.48. The Bertz CT molecular complexity index is 571. The second kappa shape index (κ2) is 3.41. The highest BCUT2D eigenvalue weighted by atomic mass is 16.6. The van der Waals surface area contributed by atoms with E-state index in [9.17, 15) is 4.79 Å². The van der Waals surface area contributed by atoms with E-state index in [1.807, 2.05) is 0 Å². The fraction of sp³-hybridized carbons (Fsp3) is 0.200. The minimum Gasteiger partial charge on any atom is -0.486 e. The summed E-state index contributed by atoms with van der Waals surface area (Å²) in [5.74, 6) is 0.571. The molecule has 0 atom stereocenters. The summed E-state index contributed by atoms with van der Waals surface area (Å²) in [7, 11) is 0. The standard InChI is InChI=1S/C10H7NO5/c12-10-15-9(11-16-10)6-1-2-7-8(5-6)14-4-3-13-7/h1-2,5H,3-4H2. The van der Waals surface area contributed by atoms with Gasteiger partial charge in [0.15, 0.2) is 11.5 Å². The normalized spacial score (nSPS) is 13.8. The molecule has 1 aromatic carbocycles. The lowest BCUT2D eigenvalue weighted by Crippen LogP contribution is -2.15. The van der Waals surface area contributed by atoms with E-state index < -0.39 is 5.82 Å². The molecule has 2 aromatic rings. The van der Waals surface area contributed by atoms with Crippen LogP contribution < -0.4 is 15.3 Å². The van der Waals surface area contributed by atoms with E-state index >= 15 is 0 Å². The zero-order chi connectivity index (χ0) is 11.0. The molecule has 6 nitrogen and oxygen atoms in total. The molecule has 2 heterocycles. The maximum Gasteiger partial charge on any atom is 0.542 e. The van der Waals surface area contributed by atoms with Crippen molar-refractivity contribution in [3.8, 4) is 23.0 Å². The monoisotopic (exact) mass is 221 g/mol. The van der Waals surface area contributed by atoms with E-state index in [0.29, 0.717) is 30.3 Å². The maximum absolute atomic E-state index is 10.7. The third-order valence-electron chi connectivity index (χ3n) is 2.17. The molecule has 1 aliphatic heterocycles. The summed E-state index contributed by atoms with van der Waals surface area (Å²) < 4.78 is 19.8. The number of hydrogen-bond acceptors (Lipinski definition) is 6. The zero-order valence-corrected chi connectivity index (χ0v) is 8.13. The van der Waals surface area contributed by atoms with Crippen LogP contribution in [0.5, 0.6) is 11.5 Å². The number of rotatable bonds is 1. The first-order chi connectivity index (χ1) is 7.83. The van der Waals surface area contributed by atoms with Gasteiger partial charge < -0.3 is 13.9 Å². The lowest BCUT2D eigenvalue weighted by molar-refractivity contribution is 0.171. The Kier molecular flexibility index (Phi) is 1.92. The third-order valence-corrected chi connectivity index (χ3v) is 2.17. The molecule has 6 heteroatoms. The van der Waals surface area contributed by atoms with Gasteiger partial charge in [-0.3, -0.25) is 4.52 Å². The number of benzene rings is 1. The molecule has 3 rings (SSSR count). The summed E-state index contributed by atoms with van der Waals surface area (Å²) in [6, 6.07) is 5.14. The Morgan fingerprint density at radius 1 is 1.12 bits per heavy atom. The van der Waals surface area contributed by atoms with Crippen molar-refractivity contribution in [3.63, 3.8) is 0 Å². The molecule has 0 aliphatic carbocycles. The van der Waals surface area contributed by atoms with Gasteiger partial charge in [0.05, 0.1) is 0 Å². The number of hydrogen-bond donors (Lipinski definition) is 0. The van der Waals surface area contributed by atoms with Gasteiger partial charge in [0, 0.05) is 5.56 Å². The molecule has 1 aromatic heterocycles. The fourth-order valence-corrected chi connectivity index (χ4v) is 1.48. The predicted octanol–water partition coefficient (Wildman–Crippen LogP) is 1.07. The molecule has 0 unspecified atom stereocenters. The molecule has 1 aliphatic rings. The van der Waals surface area contributed by atoms with E-state index in [1.54, 1.807) is 18.2 Å². The lowest BCUT2D eigenvalue weighted by atomic mass is 10.2. The van der Waals surface area contributed by atoms with Crippen LogP contribution >= 0.6 is 0 Å². The van der Waals surface area contributed by atoms with Crippen LogP contribution in [0, 0.1) is 0 Å². The van der Waals surface area contributed by atoms with E-state index in [2.05, 4.69) is 9.68 Å². The first-order valence-corrected chi connectivity index (χ1v) is 4.70. The van der Waals surface area contributed by atoms with Crippen LogP contribution in [0.15, 0.2) is 31.9 Å². The minimum absolute atomic E-state index is 0.127. The molecule has 82 valence electrons. The van der Waals surface area contributed by atoms with Gasteiger partial charge in [-0.25, -0.2) is 4.79 Å². The van der Waals surface area contributed by atoms with E-state index in [0.717, 1.165) is 0 Å². The quantitative estimate of drug-likeness (QED) is 0.716. The number of aromatic nitrogens is 1. The third kappa shape index (κ3) is 1.44. The average molecular weight is 221 g/mol. The highest BCUT2D eigenvalue weighted by Gasteiger charge is 2.15. The van der Waals surface area contributed by atoms with Crippen LogP contribution in [0.2, 0.25) is 0 Å². The van der Waals surface area contributed by atoms with Gasteiger partial charge in [0.2, 0.25) is 0 Å². The Labute approximate surface area is 89.4 Å². The van der Waals surface area contributed by atoms with Crippen molar-refractivity contribution in [1.82, 2.24) is 5.16 Å². The van der Waals surface area contributed by atoms with Gasteiger partial charge in [-0.1, -0.05) is 0 Å². The van der Waals surface area contributed by atoms with Crippen molar-refractivity contribution in [2.24, 2.45) is 0 Å². The van der Waals surface area contributed by atoms with Crippen LogP contribution in [-0.4, -0.2) is 18.4 Å². The highest BCUT2D eigenvalue weighted by Crippen LogP contribution is 2.33. The molecule has 0 bridgehead atoms. The van der Waals surface area contributed by atoms with Crippen molar-refractivity contribution < 1.29 is 18.4 Å². The van der Waals surface area contributed by atoms with Crippen LogP contribution in [0.1, 0.15) is 0 Å². The van der Waals surface area contributed by atoms with Crippen LogP contribution in [0.4, 0.5) is 0 Å². The zero-order valence-electron chi connectivity index (χ0n) is 8.13. The van der Waals surface area contributed by atoms with Crippen LogP contribution in [0.25, 0.3) is 11.5 Å². The molecule has 0 amide bonds. The predicted molar refractivity (Wildman–Crippen MR) is 51.5 cm³/mol. The summed E-state index contributed by atoms with van der Waals surface area (Å²) in [5.41, 5.74) is 0.607. The van der Waals surface area contributed by atoms with Crippen molar-refractivity contribution >= 4 is 0 Å². The topological polar surface area (TPSA) is 74.7 Å². The Hall–Kier alpha value is -2.24. The van der Waals surface area contributed by atoms with Crippen molar-refractivity contribution in [2.75, 3.05) is 13.2 Å². The van der Waals surface area contributed by atoms with Crippen molar-refractivity contribution in [2.45, 2.75) is 0 Å². The maximum atomic E-state index is 10.7. The average Bonchev–Trinajstić information content (AvgIpc) is 2.75. The van der Waals surface area contributed by atoms with E-state index in [1.165, 1.54) is 0 Å². The first-order valence-electron chi connectivity index (χ1n) is 4.70. The SMILES string of the molecule is O=c1onc(-c2ccc3c(c2)OCCO3)o1. The van der Waals surface area contributed by atoms with Gasteiger partial charge in [-0.2, -0.15) is 0 Å². The molecule has 0 radical (unpaired) electrons. The Morgan fingerprint density at radius 3 is 2.69 bits per heavy atom. The second-order valence-electron chi connectivity index (χ2n) is 3.20. The van der Waals surface area contributed by atoms with Gasteiger partial charge in [-0.15, -0.1) is 0 Å². The Morgan fingerprint density at radius 2 is 1.94 bits per heavy atom. The molecule has 0 saturated heterocycles. The molecule has 0 N–H and O–H groups in total. The first kappa shape index (κ1) is 9.02. The summed E-state index contributed by atoms with van der Waals surface area (Å²) in [6.45, 7) is 1.03. The summed E-state index contributed by atoms with van der Waals surface area (Å²) in [6.07, 6.45) is 0. The molecular formula is C10H7NO5. The second-order valence-corrected chi connectivity index (χ2v) is 3.20. The van der Waals surface area contributed by atoms with Gasteiger partial charge in [0.25, 0.3) is 5.89 Å². The number of ether oxygens (including phenoxy) is 2. The molecule has 16 heavy (non-hydrogen) atoms. The van der Waals surface area contributed by atoms with Crippen molar-refractivity contribution in [3.05, 3.63) is 28.8 Å². The Balaban J connectivity index is 2.06. The summed E-state index contributed by atoms with van der Waals surface area (Å²) >= 11 is 0. The largest absolute Gasteiger partial charge is 0.542 e. The molecular weight excluding hydrogens is 214 g/mol. The van der Waals surface area contributed by atoms with Gasteiger partial charge in [0.1, 0.15) is 13.2 Å². The number of fused-ring (bicyclic) bond motifs is 1. The molecule has 0 fully saturated rings. The lowest BCUT2D eigenvalue weighted by Gasteiger charge is -2.18. The fourth-order valence-electron chi connectivity index (χ4n) is 1.48. The minimum atomic E-state index is -0.829. The number of nitrogens with zero attached hydrogens (tertiary/aromatic N) is 1. The van der Waals surface area contributed by atoms with Gasteiger partial charge in [-0.05, 0) is 23.4 Å². The van der Waals surface area contributed by atoms with Crippen LogP contribution in [0.3, 0.4) is 0 Å². The smallest absolute Gasteiger partial charge is 0.486 e. The van der Waals surface area contributed by atoms with Gasteiger partial charge >= 0.3 is 5.82 Å². The van der Waals surface area contributed by atoms with E-state index in [-0.39, 0.29) is 5.89 Å². The molecule has 0 saturated carbocycles.